The second-order valence-electron chi connectivity index (χ2n) is 6.36. The molecule has 31 heavy (non-hydrogen) atoms. The summed E-state index contributed by atoms with van der Waals surface area (Å²) in [6, 6.07) is 14.4. The highest BCUT2D eigenvalue weighted by Gasteiger charge is 2.11. The number of amides is 2. The lowest BCUT2D eigenvalue weighted by Crippen LogP contribution is -2.15. The fourth-order valence-corrected chi connectivity index (χ4v) is 4.28. The number of methoxy groups -OCH3 is 1. The van der Waals surface area contributed by atoms with E-state index in [0.29, 0.717) is 29.4 Å². The minimum absolute atomic E-state index is 0.136. The highest BCUT2D eigenvalue weighted by molar-refractivity contribution is 8.01. The maximum atomic E-state index is 12.3. The van der Waals surface area contributed by atoms with Crippen molar-refractivity contribution in [3.8, 4) is 11.5 Å². The third-order valence-corrected chi connectivity index (χ3v) is 6.07. The summed E-state index contributed by atoms with van der Waals surface area (Å²) in [5.41, 5.74) is 2.05. The minimum Gasteiger partial charge on any atom is -0.497 e. The Bertz CT molecular complexity index is 1020. The summed E-state index contributed by atoms with van der Waals surface area (Å²) < 4.78 is 11.3. The van der Waals surface area contributed by atoms with E-state index in [1.165, 1.54) is 23.1 Å². The first-order valence-corrected chi connectivity index (χ1v) is 11.5. The summed E-state index contributed by atoms with van der Waals surface area (Å²) in [5.74, 6) is 1.38. The number of hydrogen-bond acceptors (Lipinski definition) is 7. The molecule has 0 aliphatic heterocycles. The number of ether oxygens (including phenoxy) is 2. The fourth-order valence-electron chi connectivity index (χ4n) is 2.63. The van der Waals surface area contributed by atoms with Crippen LogP contribution >= 0.6 is 23.1 Å². The van der Waals surface area contributed by atoms with Crippen LogP contribution in [0.4, 0.5) is 11.4 Å². The van der Waals surface area contributed by atoms with Crippen LogP contribution in [0.2, 0.25) is 0 Å². The quantitative estimate of drug-likeness (QED) is 0.437. The van der Waals surface area contributed by atoms with Crippen LogP contribution in [0.25, 0.3) is 0 Å². The lowest BCUT2D eigenvalue weighted by Gasteiger charge is -2.06. The number of carbonyl (C=O) groups excluding carboxylic acids is 2. The van der Waals surface area contributed by atoms with Gasteiger partial charge in [-0.3, -0.25) is 9.59 Å². The van der Waals surface area contributed by atoms with Gasteiger partial charge in [-0.15, -0.1) is 11.3 Å². The number of carbonyl (C=O) groups is 2. The third kappa shape index (κ3) is 7.30. The fraction of sp³-hybridized carbons (Fsp3) is 0.227. The normalized spacial score (nSPS) is 10.4. The molecule has 1 heterocycles. The molecular formula is C22H23N3O4S2. The van der Waals surface area contributed by atoms with E-state index in [-0.39, 0.29) is 24.0 Å². The number of thiazole rings is 1. The Balaban J connectivity index is 1.45. The number of anilines is 2. The van der Waals surface area contributed by atoms with Gasteiger partial charge in [-0.25, -0.2) is 4.98 Å². The van der Waals surface area contributed by atoms with E-state index in [9.17, 15) is 9.59 Å². The molecule has 0 atom stereocenters. The Labute approximate surface area is 189 Å². The van der Waals surface area contributed by atoms with Crippen LogP contribution in [0.3, 0.4) is 0 Å². The van der Waals surface area contributed by atoms with Crippen LogP contribution in [0.1, 0.15) is 12.6 Å². The van der Waals surface area contributed by atoms with Gasteiger partial charge in [0.25, 0.3) is 0 Å². The van der Waals surface area contributed by atoms with Gasteiger partial charge in [-0.2, -0.15) is 0 Å². The zero-order valence-corrected chi connectivity index (χ0v) is 18.8. The monoisotopic (exact) mass is 457 g/mol. The van der Waals surface area contributed by atoms with Crippen LogP contribution in [-0.2, 0) is 16.0 Å². The van der Waals surface area contributed by atoms with Crippen LogP contribution in [0.15, 0.2) is 58.3 Å². The zero-order chi connectivity index (χ0) is 22.1. The number of nitrogens with zero attached hydrogens (tertiary/aromatic N) is 1. The maximum Gasteiger partial charge on any atom is 0.234 e. The van der Waals surface area contributed by atoms with Crippen molar-refractivity contribution >= 4 is 46.3 Å². The standard InChI is InChI=1S/C22H23N3O4S2/c1-3-29-18-9-7-15(8-10-18)23-20(26)12-17-13-30-22(25-17)31-14-21(27)24-16-5-4-6-19(11-16)28-2/h4-11,13H,3,12,14H2,1-2H3,(H,23,26)(H,24,27). The molecule has 0 saturated carbocycles. The van der Waals surface area contributed by atoms with E-state index in [1.807, 2.05) is 36.6 Å². The number of hydrogen-bond donors (Lipinski definition) is 2. The lowest BCUT2D eigenvalue weighted by atomic mass is 10.2. The predicted octanol–water partition coefficient (Wildman–Crippen LogP) is 4.46. The summed E-state index contributed by atoms with van der Waals surface area (Å²) in [6.45, 7) is 2.52. The summed E-state index contributed by atoms with van der Waals surface area (Å²) in [4.78, 5) is 28.9. The number of thioether (sulfide) groups is 1. The number of benzene rings is 2. The van der Waals surface area contributed by atoms with Crippen molar-refractivity contribution in [3.05, 3.63) is 59.6 Å². The predicted molar refractivity (Wildman–Crippen MR) is 124 cm³/mol. The van der Waals surface area contributed by atoms with Gasteiger partial charge in [0.05, 0.1) is 31.6 Å². The molecule has 0 aliphatic carbocycles. The van der Waals surface area contributed by atoms with E-state index in [0.717, 1.165) is 10.1 Å². The summed E-state index contributed by atoms with van der Waals surface area (Å²) in [5, 5.41) is 7.51. The van der Waals surface area contributed by atoms with Gasteiger partial charge in [-0.1, -0.05) is 17.8 Å². The van der Waals surface area contributed by atoms with E-state index in [4.69, 9.17) is 9.47 Å². The van der Waals surface area contributed by atoms with Crippen molar-refractivity contribution in [2.75, 3.05) is 30.1 Å². The van der Waals surface area contributed by atoms with E-state index >= 15 is 0 Å². The molecule has 0 fully saturated rings. The lowest BCUT2D eigenvalue weighted by molar-refractivity contribution is -0.116. The number of rotatable bonds is 10. The van der Waals surface area contributed by atoms with Gasteiger partial charge >= 0.3 is 0 Å². The van der Waals surface area contributed by atoms with Gasteiger partial charge in [-0.05, 0) is 43.3 Å². The maximum absolute atomic E-state index is 12.3. The summed E-state index contributed by atoms with van der Waals surface area (Å²) >= 11 is 2.75. The third-order valence-electron chi connectivity index (χ3n) is 4.00. The summed E-state index contributed by atoms with van der Waals surface area (Å²) in [7, 11) is 1.58. The van der Waals surface area contributed by atoms with Gasteiger partial charge in [0.1, 0.15) is 11.5 Å². The highest BCUT2D eigenvalue weighted by Crippen LogP contribution is 2.24. The molecule has 0 aliphatic rings. The average Bonchev–Trinajstić information content (AvgIpc) is 3.21. The molecule has 2 aromatic carbocycles. The molecule has 0 spiro atoms. The van der Waals surface area contributed by atoms with Crippen LogP contribution in [0.5, 0.6) is 11.5 Å². The molecule has 0 unspecified atom stereocenters. The van der Waals surface area contributed by atoms with Crippen LogP contribution < -0.4 is 20.1 Å². The molecule has 3 aromatic rings. The van der Waals surface area contributed by atoms with E-state index in [1.54, 1.807) is 31.4 Å². The Hall–Kier alpha value is -3.04. The first-order valence-electron chi connectivity index (χ1n) is 9.59. The largest absolute Gasteiger partial charge is 0.497 e. The Morgan fingerprint density at radius 2 is 1.81 bits per heavy atom. The minimum atomic E-state index is -0.151. The molecule has 0 bridgehead atoms. The van der Waals surface area contributed by atoms with Crippen molar-refractivity contribution in [1.82, 2.24) is 4.98 Å². The Kier molecular flexibility index (Phi) is 8.31. The molecule has 9 heteroatoms. The molecule has 1 aromatic heterocycles. The summed E-state index contributed by atoms with van der Waals surface area (Å²) in [6.07, 6.45) is 0.167. The zero-order valence-electron chi connectivity index (χ0n) is 17.2. The highest BCUT2D eigenvalue weighted by atomic mass is 32.2. The second kappa shape index (κ2) is 11.4. The van der Waals surface area contributed by atoms with E-state index in [2.05, 4.69) is 15.6 Å². The van der Waals surface area contributed by atoms with Crippen molar-refractivity contribution in [2.45, 2.75) is 17.7 Å². The molecule has 3 rings (SSSR count). The number of nitrogens with one attached hydrogen (secondary N) is 2. The van der Waals surface area contributed by atoms with Crippen LogP contribution in [0, 0.1) is 0 Å². The van der Waals surface area contributed by atoms with Crippen molar-refractivity contribution in [1.29, 1.82) is 0 Å². The molecule has 7 nitrogen and oxygen atoms in total. The second-order valence-corrected chi connectivity index (χ2v) is 8.44. The van der Waals surface area contributed by atoms with Gasteiger partial charge in [0.2, 0.25) is 11.8 Å². The van der Waals surface area contributed by atoms with Crippen molar-refractivity contribution < 1.29 is 19.1 Å². The SMILES string of the molecule is CCOc1ccc(NC(=O)Cc2csc(SCC(=O)Nc3cccc(OC)c3)n2)cc1. The first-order chi connectivity index (χ1) is 15.1. The van der Waals surface area contributed by atoms with Gasteiger partial charge in [0, 0.05) is 22.8 Å². The average molecular weight is 458 g/mol. The molecule has 0 radical (unpaired) electrons. The topological polar surface area (TPSA) is 89.5 Å². The molecule has 2 N–H and O–H groups in total. The molecule has 0 saturated heterocycles. The molecule has 162 valence electrons. The van der Waals surface area contributed by atoms with Crippen molar-refractivity contribution in [3.63, 3.8) is 0 Å². The molecular weight excluding hydrogens is 434 g/mol. The van der Waals surface area contributed by atoms with E-state index < -0.39 is 0 Å². The smallest absolute Gasteiger partial charge is 0.234 e. The number of aromatic nitrogens is 1. The Morgan fingerprint density at radius 3 is 2.55 bits per heavy atom. The van der Waals surface area contributed by atoms with Crippen LogP contribution in [-0.4, -0.2) is 36.3 Å². The van der Waals surface area contributed by atoms with Gasteiger partial charge in [0.15, 0.2) is 4.34 Å². The first kappa shape index (κ1) is 22.6. The Morgan fingerprint density at radius 1 is 1.03 bits per heavy atom. The van der Waals surface area contributed by atoms with Crippen molar-refractivity contribution in [2.24, 2.45) is 0 Å². The van der Waals surface area contributed by atoms with Gasteiger partial charge < -0.3 is 20.1 Å². The molecule has 2 amide bonds.